The molecule has 0 radical (unpaired) electrons. The van der Waals surface area contributed by atoms with Crippen LogP contribution in [-0.4, -0.2) is 42.6 Å². The van der Waals surface area contributed by atoms with Gasteiger partial charge in [0.05, 0.1) is 0 Å². The number of unbranched alkanes of at least 4 members (excludes halogenated alkanes) is 1. The van der Waals surface area contributed by atoms with Crippen LogP contribution in [-0.2, 0) is 10.4 Å². The van der Waals surface area contributed by atoms with E-state index in [0.29, 0.717) is 32.4 Å². The molecule has 0 spiro atoms. The van der Waals surface area contributed by atoms with Gasteiger partial charge in [-0.05, 0) is 86.6 Å². The van der Waals surface area contributed by atoms with Gasteiger partial charge in [-0.3, -0.25) is 4.79 Å². The Hall–Kier alpha value is -2.45. The Kier molecular flexibility index (Phi) is 7.90. The van der Waals surface area contributed by atoms with Crippen molar-refractivity contribution in [1.29, 1.82) is 0 Å². The number of halogens is 4. The molecule has 1 aliphatic rings. The van der Waals surface area contributed by atoms with Crippen molar-refractivity contribution < 1.29 is 27.5 Å². The van der Waals surface area contributed by atoms with Crippen LogP contribution < -0.4 is 5.32 Å². The summed E-state index contributed by atoms with van der Waals surface area (Å²) in [5, 5.41) is 14.3. The molecular weight excluding hydrogens is 424 g/mol. The van der Waals surface area contributed by atoms with E-state index in [1.807, 2.05) is 0 Å². The molecule has 8 heteroatoms. The second-order valence-electron chi connectivity index (χ2n) is 8.27. The number of aliphatic hydroxyl groups is 1. The van der Waals surface area contributed by atoms with E-state index in [4.69, 9.17) is 0 Å². The van der Waals surface area contributed by atoms with Crippen molar-refractivity contribution >= 4 is 5.91 Å². The molecule has 1 aliphatic heterocycles. The van der Waals surface area contributed by atoms with Gasteiger partial charge in [0.25, 0.3) is 0 Å². The molecule has 2 aromatic rings. The lowest BCUT2D eigenvalue weighted by Crippen LogP contribution is -2.44. The summed E-state index contributed by atoms with van der Waals surface area (Å²) >= 11 is 0. The zero-order valence-corrected chi connectivity index (χ0v) is 18.0. The van der Waals surface area contributed by atoms with Gasteiger partial charge in [-0.1, -0.05) is 12.1 Å². The van der Waals surface area contributed by atoms with Crippen molar-refractivity contribution in [2.45, 2.75) is 37.7 Å². The summed E-state index contributed by atoms with van der Waals surface area (Å²) in [6, 6.07) is 6.26. The minimum absolute atomic E-state index is 0.00633. The second kappa shape index (κ2) is 10.4. The first-order valence-electron chi connectivity index (χ1n) is 10.8. The molecule has 1 heterocycles. The van der Waals surface area contributed by atoms with E-state index in [1.165, 1.54) is 12.1 Å². The fourth-order valence-electron chi connectivity index (χ4n) is 4.42. The number of benzene rings is 2. The van der Waals surface area contributed by atoms with Crippen molar-refractivity contribution in [3.05, 3.63) is 70.8 Å². The van der Waals surface area contributed by atoms with Crippen LogP contribution in [0.1, 0.15) is 43.2 Å². The van der Waals surface area contributed by atoms with Gasteiger partial charge in [0, 0.05) is 13.5 Å². The fourth-order valence-corrected chi connectivity index (χ4v) is 4.42. The van der Waals surface area contributed by atoms with E-state index >= 15 is 0 Å². The van der Waals surface area contributed by atoms with Gasteiger partial charge in [0.2, 0.25) is 5.91 Å². The Morgan fingerprint density at radius 3 is 1.97 bits per heavy atom. The van der Waals surface area contributed by atoms with E-state index in [0.717, 1.165) is 43.7 Å². The molecule has 1 saturated heterocycles. The summed E-state index contributed by atoms with van der Waals surface area (Å²) in [6.07, 6.45) is 3.16. The van der Waals surface area contributed by atoms with Gasteiger partial charge < -0.3 is 15.3 Å². The molecule has 0 atom stereocenters. The van der Waals surface area contributed by atoms with E-state index in [9.17, 15) is 27.5 Å². The Balaban J connectivity index is 1.77. The smallest absolute Gasteiger partial charge is 0.219 e. The van der Waals surface area contributed by atoms with Crippen LogP contribution >= 0.6 is 0 Å². The molecule has 32 heavy (non-hydrogen) atoms. The number of nitrogens with zero attached hydrogens (tertiary/aromatic N) is 1. The maximum atomic E-state index is 14.0. The van der Waals surface area contributed by atoms with Crippen molar-refractivity contribution in [1.82, 2.24) is 10.2 Å². The van der Waals surface area contributed by atoms with Crippen LogP contribution in [0, 0.1) is 29.2 Å². The molecule has 3 rings (SSSR count). The Morgan fingerprint density at radius 1 is 0.969 bits per heavy atom. The van der Waals surface area contributed by atoms with E-state index < -0.39 is 34.8 Å². The third-order valence-corrected chi connectivity index (χ3v) is 6.30. The Labute approximate surface area is 185 Å². The average Bonchev–Trinajstić information content (AvgIpc) is 2.80. The van der Waals surface area contributed by atoms with Crippen LogP contribution in [0.4, 0.5) is 17.6 Å². The molecule has 0 aliphatic carbocycles. The van der Waals surface area contributed by atoms with Crippen LogP contribution in [0.2, 0.25) is 0 Å². The zero-order valence-electron chi connectivity index (χ0n) is 18.0. The van der Waals surface area contributed by atoms with Crippen LogP contribution in [0.5, 0.6) is 0 Å². The molecule has 1 amide bonds. The monoisotopic (exact) mass is 452 g/mol. The van der Waals surface area contributed by atoms with Crippen LogP contribution in [0.15, 0.2) is 36.4 Å². The second-order valence-corrected chi connectivity index (χ2v) is 8.27. The summed E-state index contributed by atoms with van der Waals surface area (Å²) in [5.74, 6) is -4.72. The summed E-state index contributed by atoms with van der Waals surface area (Å²) in [6.45, 7) is 2.11. The normalized spacial score (nSPS) is 15.7. The highest BCUT2D eigenvalue weighted by atomic mass is 19.2. The highest BCUT2D eigenvalue weighted by Crippen LogP contribution is 2.42. The summed E-state index contributed by atoms with van der Waals surface area (Å²) in [5.41, 5.74) is -1.59. The molecule has 2 aromatic carbocycles. The predicted molar refractivity (Wildman–Crippen MR) is 113 cm³/mol. The lowest BCUT2D eigenvalue weighted by molar-refractivity contribution is -0.120. The largest absolute Gasteiger partial charge is 0.380 e. The number of amides is 1. The van der Waals surface area contributed by atoms with Crippen molar-refractivity contribution in [2.75, 3.05) is 26.7 Å². The lowest BCUT2D eigenvalue weighted by atomic mass is 9.72. The number of rotatable bonds is 8. The van der Waals surface area contributed by atoms with Gasteiger partial charge in [-0.15, -0.1) is 0 Å². The lowest BCUT2D eigenvalue weighted by Gasteiger charge is -2.42. The number of hydrogen-bond donors (Lipinski definition) is 2. The SMILES string of the molecule is CNC(=O)CCCCN1CCC(C(O)(c2ccc(F)c(F)c2)c2ccc(F)c(F)c2)CC1. The quantitative estimate of drug-likeness (QED) is 0.468. The molecule has 0 unspecified atom stereocenters. The number of nitrogens with one attached hydrogen (secondary N) is 1. The summed E-state index contributed by atoms with van der Waals surface area (Å²) in [4.78, 5) is 13.5. The first kappa shape index (κ1) is 24.2. The fraction of sp³-hybridized carbons (Fsp3) is 0.458. The highest BCUT2D eigenvalue weighted by Gasteiger charge is 2.42. The van der Waals surface area contributed by atoms with E-state index in [2.05, 4.69) is 10.2 Å². The Morgan fingerprint density at radius 2 is 1.50 bits per heavy atom. The number of hydrogen-bond acceptors (Lipinski definition) is 3. The molecule has 2 N–H and O–H groups in total. The van der Waals surface area contributed by atoms with Crippen molar-refractivity contribution in [3.8, 4) is 0 Å². The van der Waals surface area contributed by atoms with Gasteiger partial charge in [-0.25, -0.2) is 17.6 Å². The maximum Gasteiger partial charge on any atom is 0.219 e. The van der Waals surface area contributed by atoms with Crippen LogP contribution in [0.3, 0.4) is 0 Å². The van der Waals surface area contributed by atoms with E-state index in [-0.39, 0.29) is 17.0 Å². The molecule has 1 fully saturated rings. The predicted octanol–water partition coefficient (Wildman–Crippen LogP) is 4.11. The number of piperidine rings is 1. The highest BCUT2D eigenvalue weighted by molar-refractivity contribution is 5.75. The number of carbonyl (C=O) groups excluding carboxylic acids is 1. The van der Waals surface area contributed by atoms with Crippen molar-refractivity contribution in [3.63, 3.8) is 0 Å². The van der Waals surface area contributed by atoms with Crippen LogP contribution in [0.25, 0.3) is 0 Å². The molecule has 4 nitrogen and oxygen atoms in total. The minimum Gasteiger partial charge on any atom is -0.380 e. The summed E-state index contributed by atoms with van der Waals surface area (Å²) < 4.78 is 55.0. The summed E-state index contributed by atoms with van der Waals surface area (Å²) in [7, 11) is 1.61. The molecular formula is C24H28F4N2O2. The van der Waals surface area contributed by atoms with E-state index in [1.54, 1.807) is 7.05 Å². The van der Waals surface area contributed by atoms with Gasteiger partial charge in [0.1, 0.15) is 5.60 Å². The van der Waals surface area contributed by atoms with Crippen molar-refractivity contribution in [2.24, 2.45) is 5.92 Å². The minimum atomic E-state index is -1.80. The van der Waals surface area contributed by atoms with Gasteiger partial charge >= 0.3 is 0 Å². The first-order valence-corrected chi connectivity index (χ1v) is 10.8. The maximum absolute atomic E-state index is 14.0. The molecule has 0 bridgehead atoms. The Bertz CT molecular complexity index is 894. The average molecular weight is 452 g/mol. The standard InChI is InChI=1S/C24H28F4N2O2/c1-29-23(31)4-2-3-11-30-12-9-16(10-13-30)24(32,17-5-7-19(25)21(27)14-17)18-6-8-20(26)22(28)15-18/h5-8,14-16,32H,2-4,9-13H2,1H3,(H,29,31). The van der Waals surface area contributed by atoms with Gasteiger partial charge in [-0.2, -0.15) is 0 Å². The molecule has 174 valence electrons. The number of likely N-dealkylation sites (tertiary alicyclic amines) is 1. The topological polar surface area (TPSA) is 52.6 Å². The van der Waals surface area contributed by atoms with Gasteiger partial charge in [0.15, 0.2) is 23.3 Å². The third kappa shape index (κ3) is 5.30. The zero-order chi connectivity index (χ0) is 23.3. The third-order valence-electron chi connectivity index (χ3n) is 6.30. The number of carbonyl (C=O) groups is 1. The molecule has 0 aromatic heterocycles. The molecule has 0 saturated carbocycles. The first-order chi connectivity index (χ1) is 15.3.